The Morgan fingerprint density at radius 2 is 0.842 bits per heavy atom. The van der Waals surface area contributed by atoms with Crippen LogP contribution < -0.4 is 15.9 Å². The molecule has 6 rings (SSSR count). The third-order valence-corrected chi connectivity index (χ3v) is 16.0. The van der Waals surface area contributed by atoms with Gasteiger partial charge in [-0.2, -0.15) is 0 Å². The van der Waals surface area contributed by atoms with Crippen LogP contribution in [-0.2, 0) is 9.47 Å². The monoisotopic (exact) mass is 801 g/mol. The Bertz CT molecular complexity index is 1350. The van der Waals surface area contributed by atoms with E-state index in [4.69, 9.17) is 19.7 Å². The van der Waals surface area contributed by atoms with Gasteiger partial charge in [0.1, 0.15) is 0 Å². The lowest BCUT2D eigenvalue weighted by Crippen LogP contribution is -2.27. The topological polar surface area (TPSA) is 58.9 Å². The quantitative estimate of drug-likeness (QED) is 0.0570. The summed E-state index contributed by atoms with van der Waals surface area (Å²) in [5, 5.41) is 21.2. The van der Waals surface area contributed by atoms with Gasteiger partial charge in [0.15, 0.2) is 0 Å². The van der Waals surface area contributed by atoms with Gasteiger partial charge in [0.25, 0.3) is 0 Å². The molecule has 57 heavy (non-hydrogen) atoms. The highest BCUT2D eigenvalue weighted by molar-refractivity contribution is 7.94. The van der Waals surface area contributed by atoms with Crippen molar-refractivity contribution >= 4 is 28.8 Å². The average Bonchev–Trinajstić information content (AvgIpc) is 4.20. The lowest BCUT2D eigenvalue weighted by Gasteiger charge is -2.27. The highest BCUT2D eigenvalue weighted by Crippen LogP contribution is 2.46. The Kier molecular flexibility index (Phi) is 25.3. The Labute approximate surface area is 349 Å². The first-order valence-corrected chi connectivity index (χ1v) is 24.7. The van der Waals surface area contributed by atoms with E-state index in [9.17, 15) is 0 Å². The molecule has 0 aliphatic heterocycles. The van der Waals surface area contributed by atoms with Crippen molar-refractivity contribution in [3.05, 3.63) is 103 Å². The number of methoxy groups -OCH3 is 2. The summed E-state index contributed by atoms with van der Waals surface area (Å²) in [5.41, 5.74) is 0. The molecule has 3 aliphatic rings. The molecule has 0 heterocycles. The van der Waals surface area contributed by atoms with Gasteiger partial charge in [-0.3, -0.25) is 0 Å². The second-order valence-electron chi connectivity index (χ2n) is 16.7. The second-order valence-corrected chi connectivity index (χ2v) is 19.9. The zero-order chi connectivity index (χ0) is 41.0. The SMILES string of the molecule is CCCCC[C@@H]1C[C@H]1CC=COC.CCCCC[C@@H]1C[C@H]1CCO.CCCCC[C@@H]1C[C@H]1CCO.COC=P(c1ccccc1)(c1ccccc1)c1ccccc1. The Balaban J connectivity index is 0.000000215. The smallest absolute Gasteiger partial charge is 0.0784 e. The van der Waals surface area contributed by atoms with Crippen molar-refractivity contribution in [1.82, 2.24) is 0 Å². The van der Waals surface area contributed by atoms with Crippen molar-refractivity contribution in [3.8, 4) is 0 Å². The van der Waals surface area contributed by atoms with E-state index in [0.717, 1.165) is 48.3 Å². The van der Waals surface area contributed by atoms with E-state index in [0.29, 0.717) is 13.2 Å². The molecule has 0 spiro atoms. The molecule has 0 saturated heterocycles. The molecule has 0 unspecified atom stereocenters. The molecular formula is C52H81O4P. The van der Waals surface area contributed by atoms with Crippen LogP contribution in [0.25, 0.3) is 0 Å². The fourth-order valence-corrected chi connectivity index (χ4v) is 11.9. The molecule has 6 atom stereocenters. The number of benzene rings is 3. The van der Waals surface area contributed by atoms with Crippen LogP contribution in [0.5, 0.6) is 0 Å². The second kappa shape index (κ2) is 29.6. The maximum Gasteiger partial charge on any atom is 0.0784 e. The van der Waals surface area contributed by atoms with Gasteiger partial charge >= 0.3 is 0 Å². The van der Waals surface area contributed by atoms with Crippen molar-refractivity contribution in [2.45, 2.75) is 136 Å². The van der Waals surface area contributed by atoms with E-state index in [1.54, 1.807) is 20.5 Å². The van der Waals surface area contributed by atoms with Gasteiger partial charge in [-0.05, 0) is 103 Å². The molecule has 2 N–H and O–H groups in total. The van der Waals surface area contributed by atoms with Crippen molar-refractivity contribution < 1.29 is 19.7 Å². The fraction of sp³-hybridized carbons (Fsp3) is 0.596. The van der Waals surface area contributed by atoms with Gasteiger partial charge in [0, 0.05) is 26.3 Å². The van der Waals surface area contributed by atoms with Gasteiger partial charge < -0.3 is 19.7 Å². The van der Waals surface area contributed by atoms with E-state index in [2.05, 4.69) is 118 Å². The number of allylic oxidation sites excluding steroid dienone is 1. The van der Waals surface area contributed by atoms with Crippen LogP contribution in [0.2, 0.25) is 0 Å². The number of hydrogen-bond donors (Lipinski definition) is 2. The maximum absolute atomic E-state index is 8.67. The van der Waals surface area contributed by atoms with Gasteiger partial charge in [0.2, 0.25) is 0 Å². The normalized spacial score (nSPS) is 21.5. The molecule has 318 valence electrons. The first kappa shape index (κ1) is 48.7. The van der Waals surface area contributed by atoms with E-state index < -0.39 is 6.89 Å². The Morgan fingerprint density at radius 3 is 1.18 bits per heavy atom. The van der Waals surface area contributed by atoms with Crippen LogP contribution in [0.4, 0.5) is 0 Å². The van der Waals surface area contributed by atoms with Crippen molar-refractivity contribution in [2.24, 2.45) is 35.5 Å². The minimum Gasteiger partial charge on any atom is -0.505 e. The van der Waals surface area contributed by atoms with Crippen molar-refractivity contribution in [1.29, 1.82) is 0 Å². The maximum atomic E-state index is 8.67. The van der Waals surface area contributed by atoms with Gasteiger partial charge in [-0.25, -0.2) is 0 Å². The molecule has 3 saturated carbocycles. The standard InChI is InChI=1S/C20H19OP.C12H22O.2C10H20O/c1-21-17-22(18-11-5-2-6-12-18,19-13-7-3-8-14-19)20-15-9-4-10-16-20;1-3-4-5-7-11-10-12(11)8-6-9-13-2;2*1-2-3-4-5-9-8-10(9)6-7-11/h2-17H,1H3;6,9,11-12H,3-5,7-8,10H2,1-2H3;2*9-11H,2-8H2,1H3/t;11-,12-;2*9-,10-/m.111/s1. The zero-order valence-electron chi connectivity index (χ0n) is 36.7. The molecule has 0 bridgehead atoms. The molecule has 3 aliphatic carbocycles. The first-order chi connectivity index (χ1) is 28.0. The third-order valence-electron chi connectivity index (χ3n) is 12.2. The molecule has 0 aromatic heterocycles. The predicted octanol–water partition coefficient (Wildman–Crippen LogP) is 12.3. The minimum absolute atomic E-state index is 0.398. The summed E-state index contributed by atoms with van der Waals surface area (Å²) in [7, 11) is 3.45. The minimum atomic E-state index is -1.90. The number of unbranched alkanes of at least 4 members (excludes halogenated alkanes) is 6. The average molecular weight is 801 g/mol. The molecule has 3 fully saturated rings. The number of hydrogen-bond acceptors (Lipinski definition) is 4. The van der Waals surface area contributed by atoms with E-state index in [-0.39, 0.29) is 0 Å². The summed E-state index contributed by atoms with van der Waals surface area (Å²) in [6, 6.07) is 31.9. The largest absolute Gasteiger partial charge is 0.505 e. The van der Waals surface area contributed by atoms with Crippen LogP contribution >= 0.6 is 6.89 Å². The predicted molar refractivity (Wildman–Crippen MR) is 250 cm³/mol. The molecule has 4 nitrogen and oxygen atoms in total. The lowest BCUT2D eigenvalue weighted by molar-refractivity contribution is 0.276. The van der Waals surface area contributed by atoms with Crippen LogP contribution in [0.1, 0.15) is 136 Å². The molecule has 0 amide bonds. The third kappa shape index (κ3) is 18.5. The van der Waals surface area contributed by atoms with E-state index in [1.165, 1.54) is 119 Å². The molecule has 3 aromatic carbocycles. The zero-order valence-corrected chi connectivity index (χ0v) is 37.6. The molecule has 5 heteroatoms. The summed E-state index contributed by atoms with van der Waals surface area (Å²) in [6.07, 6.45) is 28.3. The van der Waals surface area contributed by atoms with Crippen molar-refractivity contribution in [3.63, 3.8) is 0 Å². The Hall–Kier alpha value is -2.62. The van der Waals surface area contributed by atoms with Crippen LogP contribution in [0.15, 0.2) is 103 Å². The summed E-state index contributed by atoms with van der Waals surface area (Å²) >= 11 is 0. The summed E-state index contributed by atoms with van der Waals surface area (Å²) in [5.74, 6) is 7.78. The Morgan fingerprint density at radius 1 is 0.491 bits per heavy atom. The fourth-order valence-electron chi connectivity index (χ4n) is 8.39. The molecular weight excluding hydrogens is 720 g/mol. The van der Waals surface area contributed by atoms with Crippen molar-refractivity contribution in [2.75, 3.05) is 27.4 Å². The van der Waals surface area contributed by atoms with E-state index >= 15 is 0 Å². The van der Waals surface area contributed by atoms with Crippen LogP contribution in [0, 0.1) is 35.5 Å². The number of aliphatic hydroxyl groups excluding tert-OH is 2. The van der Waals surface area contributed by atoms with Gasteiger partial charge in [-0.15, -0.1) is 0 Å². The molecule has 3 aromatic rings. The lowest BCUT2D eigenvalue weighted by atomic mass is 10.1. The van der Waals surface area contributed by atoms with Gasteiger partial charge in [0.05, 0.1) is 13.4 Å². The summed E-state index contributed by atoms with van der Waals surface area (Å²) in [6.45, 7) is 5.66. The highest BCUT2D eigenvalue weighted by atomic mass is 31.2. The number of rotatable bonds is 23. The summed E-state index contributed by atoms with van der Waals surface area (Å²) < 4.78 is 10.5. The first-order valence-electron chi connectivity index (χ1n) is 22.8. The van der Waals surface area contributed by atoms with Crippen LogP contribution in [0.3, 0.4) is 0 Å². The van der Waals surface area contributed by atoms with E-state index in [1.807, 2.05) is 5.98 Å². The number of ether oxygens (including phenoxy) is 2. The van der Waals surface area contributed by atoms with Gasteiger partial charge in [-0.1, -0.05) is 189 Å². The number of aliphatic hydroxyl groups is 2. The summed E-state index contributed by atoms with van der Waals surface area (Å²) in [4.78, 5) is 0. The molecule has 0 radical (unpaired) electrons. The highest BCUT2D eigenvalue weighted by Gasteiger charge is 2.36. The van der Waals surface area contributed by atoms with Crippen LogP contribution in [-0.4, -0.2) is 43.6 Å².